The largest absolute Gasteiger partial charge is 0.318 e. The minimum Gasteiger partial charge on any atom is -0.318 e. The molecule has 1 aromatic carbocycles. The molecule has 1 heterocycles. The number of benzene rings is 1. The van der Waals surface area contributed by atoms with Gasteiger partial charge in [0.15, 0.2) is 0 Å². The Morgan fingerprint density at radius 2 is 1.69 bits per heavy atom. The van der Waals surface area contributed by atoms with Gasteiger partial charge in [0.2, 0.25) is 5.78 Å². The second-order valence-corrected chi connectivity index (χ2v) is 2.74. The molecule has 1 aliphatic rings. The zero-order valence-electron chi connectivity index (χ0n) is 6.78. The molecule has 3 heteroatoms. The summed E-state index contributed by atoms with van der Waals surface area (Å²) in [7, 11) is 0. The van der Waals surface area contributed by atoms with Gasteiger partial charge in [-0.25, -0.2) is 0 Å². The minimum absolute atomic E-state index is 0.487. The fourth-order valence-electron chi connectivity index (χ4n) is 1.19. The Bertz CT molecular complexity index is 393. The number of hydrogen-bond donors (Lipinski definition) is 1. The molecule has 1 amide bonds. The summed E-state index contributed by atoms with van der Waals surface area (Å²) in [4.78, 5) is 21.7. The molecule has 0 atom stereocenters. The molecular weight excluding hydrogens is 166 g/mol. The highest BCUT2D eigenvalue weighted by Crippen LogP contribution is 2.14. The molecule has 0 unspecified atom stereocenters. The van der Waals surface area contributed by atoms with E-state index in [2.05, 4.69) is 5.32 Å². The van der Waals surface area contributed by atoms with Crippen LogP contribution in [0.15, 0.2) is 36.4 Å². The number of carbonyl (C=O) groups is 2. The van der Waals surface area contributed by atoms with Gasteiger partial charge in [0, 0.05) is 6.08 Å². The van der Waals surface area contributed by atoms with Crippen LogP contribution in [0.3, 0.4) is 0 Å². The van der Waals surface area contributed by atoms with E-state index in [1.807, 2.05) is 30.3 Å². The molecular formula is C10H7NO2. The average Bonchev–Trinajstić information content (AvgIpc) is 2.49. The third-order valence-electron chi connectivity index (χ3n) is 1.83. The molecule has 0 radical (unpaired) electrons. The second kappa shape index (κ2) is 2.86. The van der Waals surface area contributed by atoms with Crippen molar-refractivity contribution in [3.05, 3.63) is 42.0 Å². The van der Waals surface area contributed by atoms with Crippen LogP contribution in [0.4, 0.5) is 0 Å². The van der Waals surface area contributed by atoms with E-state index in [0.29, 0.717) is 5.70 Å². The summed E-state index contributed by atoms with van der Waals surface area (Å²) in [5, 5.41) is 2.49. The van der Waals surface area contributed by atoms with Crippen molar-refractivity contribution in [2.75, 3.05) is 0 Å². The Labute approximate surface area is 75.1 Å². The molecule has 0 saturated carbocycles. The smallest absolute Gasteiger partial charge is 0.296 e. The molecule has 0 spiro atoms. The lowest BCUT2D eigenvalue weighted by Gasteiger charge is -2.00. The Balaban J connectivity index is 2.35. The van der Waals surface area contributed by atoms with Crippen LogP contribution < -0.4 is 5.32 Å². The topological polar surface area (TPSA) is 46.2 Å². The highest BCUT2D eigenvalue weighted by Gasteiger charge is 2.21. The third-order valence-corrected chi connectivity index (χ3v) is 1.83. The number of hydrogen-bond acceptors (Lipinski definition) is 2. The van der Waals surface area contributed by atoms with E-state index in [1.165, 1.54) is 6.08 Å². The lowest BCUT2D eigenvalue weighted by Crippen LogP contribution is -2.20. The van der Waals surface area contributed by atoms with Crippen molar-refractivity contribution in [1.82, 2.24) is 5.32 Å². The van der Waals surface area contributed by atoms with Gasteiger partial charge in [-0.15, -0.1) is 0 Å². The van der Waals surface area contributed by atoms with Crippen molar-refractivity contribution in [2.45, 2.75) is 0 Å². The van der Waals surface area contributed by atoms with Crippen LogP contribution in [-0.4, -0.2) is 11.7 Å². The number of rotatable bonds is 1. The van der Waals surface area contributed by atoms with Gasteiger partial charge in [-0.05, 0) is 5.56 Å². The Kier molecular flexibility index (Phi) is 1.70. The Morgan fingerprint density at radius 3 is 2.23 bits per heavy atom. The summed E-state index contributed by atoms with van der Waals surface area (Å²) >= 11 is 0. The van der Waals surface area contributed by atoms with Gasteiger partial charge in [-0.3, -0.25) is 9.59 Å². The monoisotopic (exact) mass is 173 g/mol. The van der Waals surface area contributed by atoms with E-state index < -0.39 is 11.7 Å². The summed E-state index contributed by atoms with van der Waals surface area (Å²) in [6.45, 7) is 0. The van der Waals surface area contributed by atoms with Crippen LogP contribution in [0.25, 0.3) is 5.70 Å². The number of ketones is 1. The molecule has 0 fully saturated rings. The van der Waals surface area contributed by atoms with Gasteiger partial charge >= 0.3 is 0 Å². The van der Waals surface area contributed by atoms with Crippen LogP contribution in [0.5, 0.6) is 0 Å². The van der Waals surface area contributed by atoms with Crippen molar-refractivity contribution >= 4 is 17.4 Å². The van der Waals surface area contributed by atoms with Gasteiger partial charge in [0.05, 0.1) is 5.70 Å². The molecule has 0 aliphatic carbocycles. The van der Waals surface area contributed by atoms with E-state index in [4.69, 9.17) is 0 Å². The molecule has 1 N–H and O–H groups in total. The van der Waals surface area contributed by atoms with Crippen LogP contribution in [-0.2, 0) is 9.59 Å². The predicted octanol–water partition coefficient (Wildman–Crippen LogP) is 0.726. The molecule has 0 bridgehead atoms. The summed E-state index contributed by atoms with van der Waals surface area (Å²) in [6, 6.07) is 9.26. The first-order chi connectivity index (χ1) is 6.27. The van der Waals surface area contributed by atoms with E-state index in [-0.39, 0.29) is 0 Å². The van der Waals surface area contributed by atoms with Crippen molar-refractivity contribution < 1.29 is 9.59 Å². The highest BCUT2D eigenvalue weighted by atomic mass is 16.2. The maximum Gasteiger partial charge on any atom is 0.296 e. The van der Waals surface area contributed by atoms with Crippen LogP contribution >= 0.6 is 0 Å². The van der Waals surface area contributed by atoms with Crippen molar-refractivity contribution in [3.63, 3.8) is 0 Å². The van der Waals surface area contributed by atoms with Crippen LogP contribution in [0.1, 0.15) is 5.56 Å². The molecule has 0 aromatic heterocycles. The zero-order valence-corrected chi connectivity index (χ0v) is 6.78. The van der Waals surface area contributed by atoms with Gasteiger partial charge < -0.3 is 5.32 Å². The molecule has 1 aromatic rings. The highest BCUT2D eigenvalue weighted by molar-refractivity contribution is 6.46. The number of carbonyl (C=O) groups excluding carboxylic acids is 2. The summed E-state index contributed by atoms with van der Waals surface area (Å²) in [5.74, 6) is -1.04. The molecule has 3 nitrogen and oxygen atoms in total. The van der Waals surface area contributed by atoms with Gasteiger partial charge in [-0.1, -0.05) is 30.3 Å². The minimum atomic E-state index is -0.557. The first-order valence-corrected chi connectivity index (χ1v) is 3.90. The SMILES string of the molecule is O=C1C=C(c2ccccc2)NC1=O. The van der Waals surface area contributed by atoms with Gasteiger partial charge in [-0.2, -0.15) is 0 Å². The summed E-state index contributed by atoms with van der Waals surface area (Å²) < 4.78 is 0. The van der Waals surface area contributed by atoms with Gasteiger partial charge in [0.1, 0.15) is 0 Å². The summed E-state index contributed by atoms with van der Waals surface area (Å²) in [5.41, 5.74) is 1.43. The fourth-order valence-corrected chi connectivity index (χ4v) is 1.19. The maximum atomic E-state index is 10.9. The maximum absolute atomic E-state index is 10.9. The number of nitrogens with one attached hydrogen (secondary N) is 1. The lowest BCUT2D eigenvalue weighted by molar-refractivity contribution is -0.133. The van der Waals surface area contributed by atoms with Crippen LogP contribution in [0, 0.1) is 0 Å². The standard InChI is InChI=1S/C10H7NO2/c12-9-6-8(11-10(9)13)7-4-2-1-3-5-7/h1-6H,(H,11,12,13). The van der Waals surface area contributed by atoms with Crippen molar-refractivity contribution in [3.8, 4) is 0 Å². The quantitative estimate of drug-likeness (QED) is 0.636. The normalized spacial score (nSPS) is 15.5. The molecule has 64 valence electrons. The van der Waals surface area contributed by atoms with E-state index in [0.717, 1.165) is 5.56 Å². The Hall–Kier alpha value is -1.90. The predicted molar refractivity (Wildman–Crippen MR) is 47.6 cm³/mol. The first kappa shape index (κ1) is 7.73. The van der Waals surface area contributed by atoms with Crippen LogP contribution in [0.2, 0.25) is 0 Å². The molecule has 2 rings (SSSR count). The average molecular weight is 173 g/mol. The third kappa shape index (κ3) is 1.36. The number of amides is 1. The second-order valence-electron chi connectivity index (χ2n) is 2.74. The van der Waals surface area contributed by atoms with E-state index in [1.54, 1.807) is 0 Å². The zero-order chi connectivity index (χ0) is 9.26. The molecule has 0 saturated heterocycles. The molecule has 1 aliphatic heterocycles. The lowest BCUT2D eigenvalue weighted by atomic mass is 10.1. The Morgan fingerprint density at radius 1 is 1.00 bits per heavy atom. The van der Waals surface area contributed by atoms with Crippen molar-refractivity contribution in [2.24, 2.45) is 0 Å². The molecule has 13 heavy (non-hydrogen) atoms. The van der Waals surface area contributed by atoms with E-state index >= 15 is 0 Å². The van der Waals surface area contributed by atoms with Gasteiger partial charge in [0.25, 0.3) is 5.91 Å². The summed E-state index contributed by atoms with van der Waals surface area (Å²) in [6.07, 6.45) is 1.32. The van der Waals surface area contributed by atoms with E-state index in [9.17, 15) is 9.59 Å². The fraction of sp³-hybridized carbons (Fsp3) is 0. The van der Waals surface area contributed by atoms with Crippen molar-refractivity contribution in [1.29, 1.82) is 0 Å². The first-order valence-electron chi connectivity index (χ1n) is 3.90.